The van der Waals surface area contributed by atoms with E-state index in [1.165, 1.54) is 24.3 Å². The Morgan fingerprint density at radius 2 is 1.61 bits per heavy atom. The lowest BCUT2D eigenvalue weighted by molar-refractivity contribution is 0.427. The zero-order valence-electron chi connectivity index (χ0n) is 9.20. The van der Waals surface area contributed by atoms with Crippen molar-refractivity contribution >= 4 is 12.2 Å². The van der Waals surface area contributed by atoms with Crippen molar-refractivity contribution in [3.05, 3.63) is 52.1 Å². The van der Waals surface area contributed by atoms with Gasteiger partial charge in [-0.3, -0.25) is 4.79 Å². The van der Waals surface area contributed by atoms with Crippen molar-refractivity contribution in [2.45, 2.75) is 0 Å². The molecule has 1 aromatic heterocycles. The minimum atomic E-state index is -0.542. The monoisotopic (exact) mass is 246 g/mol. The molecule has 3 N–H and O–H groups in total. The first-order valence-electron chi connectivity index (χ1n) is 5.07. The molecular weight excluding hydrogens is 236 g/mol. The highest BCUT2D eigenvalue weighted by atomic mass is 16.3. The second kappa shape index (κ2) is 4.67. The second-order valence-corrected chi connectivity index (χ2v) is 3.65. The zero-order valence-corrected chi connectivity index (χ0v) is 9.20. The van der Waals surface area contributed by atoms with Gasteiger partial charge in [0.25, 0.3) is 0 Å². The summed E-state index contributed by atoms with van der Waals surface area (Å²) < 4.78 is 4.96. The van der Waals surface area contributed by atoms with Gasteiger partial charge in [0.1, 0.15) is 23.5 Å². The van der Waals surface area contributed by atoms with Gasteiger partial charge in [-0.15, -0.1) is 0 Å². The van der Waals surface area contributed by atoms with Gasteiger partial charge in [0.2, 0.25) is 5.43 Å². The average Bonchev–Trinajstić information content (AvgIpc) is 2.29. The molecular formula is C13H10O5. The maximum absolute atomic E-state index is 11.1. The van der Waals surface area contributed by atoms with Crippen molar-refractivity contribution in [1.82, 2.24) is 0 Å². The van der Waals surface area contributed by atoms with E-state index in [4.69, 9.17) is 9.52 Å². The normalized spacial score (nSPS) is 10.9. The van der Waals surface area contributed by atoms with E-state index in [2.05, 4.69) is 0 Å². The van der Waals surface area contributed by atoms with Crippen LogP contribution in [0.5, 0.6) is 17.2 Å². The van der Waals surface area contributed by atoms with Crippen LogP contribution in [-0.4, -0.2) is 15.3 Å². The summed E-state index contributed by atoms with van der Waals surface area (Å²) in [6, 6.07) is 5.22. The molecule has 0 aliphatic rings. The molecule has 0 saturated carbocycles. The van der Waals surface area contributed by atoms with E-state index in [9.17, 15) is 15.0 Å². The highest BCUT2D eigenvalue weighted by Gasteiger charge is 1.99. The lowest BCUT2D eigenvalue weighted by Gasteiger charge is -1.98. The van der Waals surface area contributed by atoms with Crippen molar-refractivity contribution < 1.29 is 19.7 Å². The standard InChI is InChI=1S/C13H10O5/c14-9-3-8(4-10(15)5-9)1-2-11-6-12(16)13(17)7-18-11/h1-7,14-15,17H. The van der Waals surface area contributed by atoms with Crippen LogP contribution in [0.3, 0.4) is 0 Å². The van der Waals surface area contributed by atoms with Gasteiger partial charge in [-0.1, -0.05) is 6.08 Å². The third kappa shape index (κ3) is 2.70. The van der Waals surface area contributed by atoms with Crippen molar-refractivity contribution in [1.29, 1.82) is 0 Å². The SMILES string of the molecule is O=c1cc(C=Cc2cc(O)cc(O)c2)occ1O. The molecule has 0 saturated heterocycles. The summed E-state index contributed by atoms with van der Waals surface area (Å²) in [5, 5.41) is 27.5. The molecule has 2 rings (SSSR count). The predicted molar refractivity (Wildman–Crippen MR) is 65.3 cm³/mol. The van der Waals surface area contributed by atoms with Gasteiger partial charge in [-0.05, 0) is 23.8 Å². The molecule has 0 aliphatic carbocycles. The van der Waals surface area contributed by atoms with Crippen molar-refractivity contribution in [2.75, 3.05) is 0 Å². The molecule has 0 radical (unpaired) electrons. The summed E-state index contributed by atoms with van der Waals surface area (Å²) in [7, 11) is 0. The third-order valence-corrected chi connectivity index (χ3v) is 2.20. The molecule has 5 heteroatoms. The van der Waals surface area contributed by atoms with Crippen LogP contribution in [0.2, 0.25) is 0 Å². The number of rotatable bonds is 2. The topological polar surface area (TPSA) is 90.9 Å². The van der Waals surface area contributed by atoms with Gasteiger partial charge in [-0.25, -0.2) is 0 Å². The first-order valence-corrected chi connectivity index (χ1v) is 5.07. The quantitative estimate of drug-likeness (QED) is 0.753. The van der Waals surface area contributed by atoms with Crippen molar-refractivity contribution in [3.63, 3.8) is 0 Å². The Kier molecular flexibility index (Phi) is 3.05. The minimum Gasteiger partial charge on any atom is -0.508 e. The fraction of sp³-hybridized carbons (Fsp3) is 0. The zero-order chi connectivity index (χ0) is 13.1. The molecule has 0 spiro atoms. The Morgan fingerprint density at radius 3 is 2.22 bits per heavy atom. The van der Waals surface area contributed by atoms with E-state index in [0.717, 1.165) is 12.3 Å². The average molecular weight is 246 g/mol. The van der Waals surface area contributed by atoms with E-state index < -0.39 is 11.2 Å². The molecule has 2 aromatic rings. The smallest absolute Gasteiger partial charge is 0.227 e. The van der Waals surface area contributed by atoms with Crippen LogP contribution in [0.4, 0.5) is 0 Å². The van der Waals surface area contributed by atoms with Gasteiger partial charge < -0.3 is 19.7 Å². The van der Waals surface area contributed by atoms with Gasteiger partial charge >= 0.3 is 0 Å². The molecule has 0 atom stereocenters. The van der Waals surface area contributed by atoms with Crippen LogP contribution in [-0.2, 0) is 0 Å². The summed E-state index contributed by atoms with van der Waals surface area (Å²) >= 11 is 0. The molecule has 92 valence electrons. The second-order valence-electron chi connectivity index (χ2n) is 3.65. The van der Waals surface area contributed by atoms with Crippen LogP contribution in [0, 0.1) is 0 Å². The van der Waals surface area contributed by atoms with Crippen LogP contribution in [0.25, 0.3) is 12.2 Å². The molecule has 0 unspecified atom stereocenters. The molecule has 1 heterocycles. The van der Waals surface area contributed by atoms with Crippen LogP contribution in [0.15, 0.2) is 39.7 Å². The third-order valence-electron chi connectivity index (χ3n) is 2.20. The van der Waals surface area contributed by atoms with Gasteiger partial charge in [0, 0.05) is 12.1 Å². The first kappa shape index (κ1) is 11.8. The lowest BCUT2D eigenvalue weighted by Crippen LogP contribution is -1.97. The first-order chi connectivity index (χ1) is 8.54. The largest absolute Gasteiger partial charge is 0.508 e. The van der Waals surface area contributed by atoms with Crippen LogP contribution < -0.4 is 5.43 Å². The predicted octanol–water partition coefficient (Wildman–Crippen LogP) is 1.93. The maximum atomic E-state index is 11.1. The molecule has 0 bridgehead atoms. The Morgan fingerprint density at radius 1 is 0.944 bits per heavy atom. The molecule has 0 aliphatic heterocycles. The highest BCUT2D eigenvalue weighted by Crippen LogP contribution is 2.21. The Bertz CT molecular complexity index is 634. The minimum absolute atomic E-state index is 0.0678. The molecule has 0 fully saturated rings. The number of hydrogen-bond donors (Lipinski definition) is 3. The molecule has 5 nitrogen and oxygen atoms in total. The molecule has 18 heavy (non-hydrogen) atoms. The Balaban J connectivity index is 2.29. The number of phenolic OH excluding ortho intramolecular Hbond substituents is 2. The number of phenols is 2. The fourth-order valence-corrected chi connectivity index (χ4v) is 1.40. The van der Waals surface area contributed by atoms with Gasteiger partial charge in [0.05, 0.1) is 0 Å². The summed E-state index contributed by atoms with van der Waals surface area (Å²) in [4.78, 5) is 11.1. The fourth-order valence-electron chi connectivity index (χ4n) is 1.40. The summed E-state index contributed by atoms with van der Waals surface area (Å²) in [6.45, 7) is 0. The Hall–Kier alpha value is -2.69. The van der Waals surface area contributed by atoms with E-state index >= 15 is 0 Å². The van der Waals surface area contributed by atoms with Gasteiger partial charge in [-0.2, -0.15) is 0 Å². The van der Waals surface area contributed by atoms with Crippen LogP contribution in [0.1, 0.15) is 11.3 Å². The number of hydrogen-bond acceptors (Lipinski definition) is 5. The van der Waals surface area contributed by atoms with E-state index in [-0.39, 0.29) is 17.3 Å². The van der Waals surface area contributed by atoms with Crippen molar-refractivity contribution in [3.8, 4) is 17.2 Å². The number of benzene rings is 1. The maximum Gasteiger partial charge on any atom is 0.227 e. The lowest BCUT2D eigenvalue weighted by atomic mass is 10.2. The molecule has 0 amide bonds. The van der Waals surface area contributed by atoms with Gasteiger partial charge in [0.15, 0.2) is 5.75 Å². The van der Waals surface area contributed by atoms with Crippen LogP contribution >= 0.6 is 0 Å². The highest BCUT2D eigenvalue weighted by molar-refractivity contribution is 5.68. The van der Waals surface area contributed by atoms with Crippen molar-refractivity contribution in [2.24, 2.45) is 0 Å². The molecule has 1 aromatic carbocycles. The Labute approximate surface area is 102 Å². The summed E-state index contributed by atoms with van der Waals surface area (Å²) in [5.74, 6) is -0.341. The van der Waals surface area contributed by atoms with E-state index in [1.807, 2.05) is 0 Å². The number of aromatic hydroxyl groups is 3. The van der Waals surface area contributed by atoms with E-state index in [0.29, 0.717) is 5.56 Å². The summed E-state index contributed by atoms with van der Waals surface area (Å²) in [6.07, 6.45) is 3.98. The summed E-state index contributed by atoms with van der Waals surface area (Å²) in [5.41, 5.74) is 0.00267. The van der Waals surface area contributed by atoms with E-state index in [1.54, 1.807) is 6.08 Å².